The van der Waals surface area contributed by atoms with Crippen LogP contribution in [0, 0.1) is 5.41 Å². The number of nitrogens with zero attached hydrogens (tertiary/aromatic N) is 3. The van der Waals surface area contributed by atoms with Gasteiger partial charge >= 0.3 is 0 Å². The topological polar surface area (TPSA) is 79.1 Å². The molecule has 1 aromatic carbocycles. The fourth-order valence-corrected chi connectivity index (χ4v) is 4.77. The van der Waals surface area contributed by atoms with E-state index in [2.05, 4.69) is 11.9 Å². The Hall–Kier alpha value is -1.83. The Labute approximate surface area is 196 Å². The maximum absolute atomic E-state index is 13.2. The molecule has 32 heavy (non-hydrogen) atoms. The molecule has 0 bridgehead atoms. The average molecular weight is 465 g/mol. The number of carbonyl (C=O) groups is 2. The quantitative estimate of drug-likeness (QED) is 0.568. The Kier molecular flexibility index (Phi) is 9.20. The number of nitrogens with two attached hydrogens (primary N) is 1. The van der Waals surface area contributed by atoms with Crippen molar-refractivity contribution in [3.05, 3.63) is 29.3 Å². The van der Waals surface area contributed by atoms with Crippen molar-refractivity contribution in [2.75, 3.05) is 59.5 Å². The van der Waals surface area contributed by atoms with Gasteiger partial charge in [0.15, 0.2) is 0 Å². The lowest BCUT2D eigenvalue weighted by Crippen LogP contribution is -2.53. The molecule has 2 N–H and O–H groups in total. The summed E-state index contributed by atoms with van der Waals surface area (Å²) in [6.07, 6.45) is 4.29. The third kappa shape index (κ3) is 7.09. The molecular formula is C24H37ClN4O3. The van der Waals surface area contributed by atoms with E-state index >= 15 is 0 Å². The molecule has 0 radical (unpaired) electrons. The summed E-state index contributed by atoms with van der Waals surface area (Å²) in [6, 6.07) is 7.33. The van der Waals surface area contributed by atoms with Crippen molar-refractivity contribution in [3.63, 3.8) is 0 Å². The van der Waals surface area contributed by atoms with E-state index in [0.717, 1.165) is 58.4 Å². The number of benzene rings is 1. The largest absolute Gasteiger partial charge is 0.493 e. The number of likely N-dealkylation sites (tertiary alicyclic amines) is 1. The van der Waals surface area contributed by atoms with Gasteiger partial charge in [0.1, 0.15) is 5.75 Å². The molecule has 2 saturated heterocycles. The first-order valence-electron chi connectivity index (χ1n) is 11.7. The number of rotatable bonds is 9. The Morgan fingerprint density at radius 1 is 1.09 bits per heavy atom. The van der Waals surface area contributed by atoms with Gasteiger partial charge in [-0.15, -0.1) is 0 Å². The molecule has 2 heterocycles. The molecule has 2 aliphatic heterocycles. The standard InChI is InChI=1S/C24H37ClN4O3/c1-27-12-14-28(15-13-27)23(31)17-24(19-32-21-7-4-6-20(25)16-21)9-5-11-29(18-24)22(30)8-2-3-10-26/h4,6-7,16H,2-3,5,8-15,17-19,26H2,1H3/t24-/m0/s1. The summed E-state index contributed by atoms with van der Waals surface area (Å²) >= 11 is 6.12. The molecule has 2 fully saturated rings. The normalized spacial score (nSPS) is 22.1. The summed E-state index contributed by atoms with van der Waals surface area (Å²) in [5.41, 5.74) is 5.18. The van der Waals surface area contributed by atoms with E-state index in [1.54, 1.807) is 6.07 Å². The van der Waals surface area contributed by atoms with Crippen LogP contribution < -0.4 is 10.5 Å². The highest BCUT2D eigenvalue weighted by atomic mass is 35.5. The zero-order valence-corrected chi connectivity index (χ0v) is 20.0. The van der Waals surface area contributed by atoms with Gasteiger partial charge < -0.3 is 25.2 Å². The van der Waals surface area contributed by atoms with Crippen LogP contribution >= 0.6 is 11.6 Å². The van der Waals surface area contributed by atoms with Crippen LogP contribution in [0.3, 0.4) is 0 Å². The third-order valence-electron chi connectivity index (χ3n) is 6.58. The first-order valence-corrected chi connectivity index (χ1v) is 12.1. The molecule has 0 unspecified atom stereocenters. The molecule has 8 heteroatoms. The highest BCUT2D eigenvalue weighted by Crippen LogP contribution is 2.36. The lowest BCUT2D eigenvalue weighted by Gasteiger charge is -2.43. The van der Waals surface area contributed by atoms with Gasteiger partial charge in [-0.2, -0.15) is 0 Å². The van der Waals surface area contributed by atoms with Crippen molar-refractivity contribution < 1.29 is 14.3 Å². The maximum atomic E-state index is 13.2. The van der Waals surface area contributed by atoms with Gasteiger partial charge in [0.2, 0.25) is 11.8 Å². The minimum Gasteiger partial charge on any atom is -0.493 e. The number of halogens is 1. The second-order valence-corrected chi connectivity index (χ2v) is 9.71. The van der Waals surface area contributed by atoms with Crippen molar-refractivity contribution in [3.8, 4) is 5.75 Å². The number of hydrogen-bond acceptors (Lipinski definition) is 5. The highest BCUT2D eigenvalue weighted by Gasteiger charge is 2.41. The van der Waals surface area contributed by atoms with Crippen molar-refractivity contribution in [1.82, 2.24) is 14.7 Å². The van der Waals surface area contributed by atoms with E-state index in [0.29, 0.717) is 43.3 Å². The van der Waals surface area contributed by atoms with Crippen molar-refractivity contribution in [2.24, 2.45) is 11.1 Å². The predicted molar refractivity (Wildman–Crippen MR) is 127 cm³/mol. The van der Waals surface area contributed by atoms with Gasteiger partial charge in [-0.25, -0.2) is 0 Å². The van der Waals surface area contributed by atoms with Crippen molar-refractivity contribution in [2.45, 2.75) is 38.5 Å². The van der Waals surface area contributed by atoms with Crippen molar-refractivity contribution >= 4 is 23.4 Å². The molecule has 0 spiro atoms. The first-order chi connectivity index (χ1) is 15.4. The van der Waals surface area contributed by atoms with Gasteiger partial charge in [-0.1, -0.05) is 17.7 Å². The molecule has 3 rings (SSSR count). The van der Waals surface area contributed by atoms with Crippen LogP contribution in [-0.4, -0.2) is 86.0 Å². The van der Waals surface area contributed by atoms with Crippen LogP contribution in [-0.2, 0) is 9.59 Å². The van der Waals surface area contributed by atoms with Gasteiger partial charge in [0.25, 0.3) is 0 Å². The van der Waals surface area contributed by atoms with Crippen LogP contribution in [0.1, 0.15) is 38.5 Å². The van der Waals surface area contributed by atoms with E-state index in [1.807, 2.05) is 28.0 Å². The first kappa shape index (κ1) is 24.8. The number of carbonyl (C=O) groups excluding carboxylic acids is 2. The maximum Gasteiger partial charge on any atom is 0.223 e. The minimum atomic E-state index is -0.398. The number of piperazine rings is 1. The van der Waals surface area contributed by atoms with Crippen LogP contribution in [0.15, 0.2) is 24.3 Å². The molecule has 0 aromatic heterocycles. The number of hydrogen-bond donors (Lipinski definition) is 1. The second-order valence-electron chi connectivity index (χ2n) is 9.27. The summed E-state index contributed by atoms with van der Waals surface area (Å²) < 4.78 is 6.14. The molecular weight excluding hydrogens is 428 g/mol. The zero-order valence-electron chi connectivity index (χ0n) is 19.2. The fraction of sp³-hybridized carbons (Fsp3) is 0.667. The Balaban J connectivity index is 1.70. The summed E-state index contributed by atoms with van der Waals surface area (Å²) in [5.74, 6) is 0.998. The van der Waals surface area contributed by atoms with E-state index in [-0.39, 0.29) is 11.8 Å². The van der Waals surface area contributed by atoms with E-state index in [4.69, 9.17) is 22.1 Å². The lowest BCUT2D eigenvalue weighted by molar-refractivity contribution is -0.142. The smallest absolute Gasteiger partial charge is 0.223 e. The monoisotopic (exact) mass is 464 g/mol. The van der Waals surface area contributed by atoms with E-state index in [1.165, 1.54) is 0 Å². The number of likely N-dealkylation sites (N-methyl/N-ethyl adjacent to an activating group) is 1. The van der Waals surface area contributed by atoms with Gasteiger partial charge in [-0.05, 0) is 57.5 Å². The van der Waals surface area contributed by atoms with Gasteiger partial charge in [0.05, 0.1) is 6.61 Å². The summed E-state index contributed by atoms with van der Waals surface area (Å²) in [5, 5.41) is 0.616. The Morgan fingerprint density at radius 2 is 1.88 bits per heavy atom. The summed E-state index contributed by atoms with van der Waals surface area (Å²) in [6.45, 7) is 5.57. The molecule has 0 aliphatic carbocycles. The number of piperidine rings is 1. The minimum absolute atomic E-state index is 0.150. The fourth-order valence-electron chi connectivity index (χ4n) is 4.59. The average Bonchev–Trinajstić information content (AvgIpc) is 2.78. The molecule has 1 aromatic rings. The van der Waals surface area contributed by atoms with Gasteiger partial charge in [-0.3, -0.25) is 9.59 Å². The Bertz CT molecular complexity index is 769. The lowest BCUT2D eigenvalue weighted by atomic mass is 9.77. The van der Waals surface area contributed by atoms with Crippen LogP contribution in [0.4, 0.5) is 0 Å². The molecule has 2 amide bonds. The highest BCUT2D eigenvalue weighted by molar-refractivity contribution is 6.30. The predicted octanol–water partition coefficient (Wildman–Crippen LogP) is 2.62. The molecule has 2 aliphatic rings. The molecule has 0 saturated carbocycles. The van der Waals surface area contributed by atoms with E-state index in [9.17, 15) is 9.59 Å². The second kappa shape index (κ2) is 11.9. The number of unbranched alkanes of at least 4 members (excludes halogenated alkanes) is 1. The van der Waals surface area contributed by atoms with Crippen molar-refractivity contribution in [1.29, 1.82) is 0 Å². The van der Waals surface area contributed by atoms with Crippen LogP contribution in [0.25, 0.3) is 0 Å². The summed E-state index contributed by atoms with van der Waals surface area (Å²) in [4.78, 5) is 32.2. The SMILES string of the molecule is CN1CCN(C(=O)C[C@@]2(COc3cccc(Cl)c3)CCCN(C(=O)CCCCN)C2)CC1. The molecule has 7 nitrogen and oxygen atoms in total. The Morgan fingerprint density at radius 3 is 2.59 bits per heavy atom. The molecule has 1 atom stereocenters. The van der Waals surface area contributed by atoms with Crippen LogP contribution in [0.5, 0.6) is 5.75 Å². The summed E-state index contributed by atoms with van der Waals surface area (Å²) in [7, 11) is 2.08. The zero-order chi connectivity index (χ0) is 23.0. The van der Waals surface area contributed by atoms with Crippen LogP contribution in [0.2, 0.25) is 5.02 Å². The third-order valence-corrected chi connectivity index (χ3v) is 6.82. The number of amides is 2. The number of ether oxygens (including phenoxy) is 1. The van der Waals surface area contributed by atoms with Gasteiger partial charge in [0, 0.05) is 62.5 Å². The molecule has 178 valence electrons. The van der Waals surface area contributed by atoms with E-state index < -0.39 is 5.41 Å².